The lowest BCUT2D eigenvalue weighted by Gasteiger charge is -1.94. The summed E-state index contributed by atoms with van der Waals surface area (Å²) < 4.78 is 12.7. The van der Waals surface area contributed by atoms with E-state index in [9.17, 15) is 9.18 Å². The van der Waals surface area contributed by atoms with Crippen LogP contribution in [-0.2, 0) is 6.42 Å². The van der Waals surface area contributed by atoms with E-state index in [1.807, 2.05) is 13.0 Å². The maximum atomic E-state index is 12.7. The van der Waals surface area contributed by atoms with Crippen molar-refractivity contribution in [1.29, 1.82) is 0 Å². The highest BCUT2D eigenvalue weighted by molar-refractivity contribution is 7.14. The van der Waals surface area contributed by atoms with Crippen LogP contribution in [0.5, 0.6) is 0 Å². The third kappa shape index (κ3) is 3.24. The van der Waals surface area contributed by atoms with E-state index in [1.165, 1.54) is 23.6 Å². The summed E-state index contributed by atoms with van der Waals surface area (Å²) in [5.74, 6) is -0.243. The van der Waals surface area contributed by atoms with Gasteiger partial charge in [0.1, 0.15) is 0 Å². The molecule has 0 spiro atoms. The van der Waals surface area contributed by atoms with Crippen LogP contribution in [-0.4, -0.2) is 12.1 Å². The summed E-state index contributed by atoms with van der Waals surface area (Å²) in [6.07, 6.45) is 2.34. The highest BCUT2D eigenvalue weighted by Gasteiger charge is 2.07. The summed E-state index contributed by atoms with van der Waals surface area (Å²) in [5.41, 5.74) is 2.42. The number of hydrazone groups is 1. The largest absolute Gasteiger partial charge is 0.281 e. The summed E-state index contributed by atoms with van der Waals surface area (Å²) in [4.78, 5) is 14.1. The number of carbonyl (C=O) groups is 1. The summed E-state index contributed by atoms with van der Waals surface area (Å²) in [6.45, 7) is 2.04. The number of hydrogen-bond donors (Lipinski definition) is 1. The van der Waals surface area contributed by atoms with Gasteiger partial charge >= 0.3 is 0 Å². The minimum absolute atomic E-state index is 0.243. The molecule has 0 aliphatic rings. The number of thiophene rings is 2. The first-order valence-electron chi connectivity index (χ1n) is 5.36. The van der Waals surface area contributed by atoms with Gasteiger partial charge in [-0.05, 0) is 30.7 Å². The number of nitrogens with one attached hydrogen (secondary N) is 1. The number of nitrogens with zero attached hydrogens (tertiary/aromatic N) is 1. The molecule has 2 aromatic heterocycles. The van der Waals surface area contributed by atoms with Crippen molar-refractivity contribution in [3.8, 4) is 0 Å². The molecule has 1 N–H and O–H groups in total. The summed E-state index contributed by atoms with van der Waals surface area (Å²) in [5, 5.41) is 3.52. The Morgan fingerprint density at radius 1 is 1.39 bits per heavy atom. The number of amides is 1. The Morgan fingerprint density at radius 3 is 2.83 bits per heavy atom. The van der Waals surface area contributed by atoms with Gasteiger partial charge < -0.3 is 0 Å². The predicted molar refractivity (Wildman–Crippen MR) is 73.0 cm³/mol. The van der Waals surface area contributed by atoms with Gasteiger partial charge in [0.05, 0.1) is 16.0 Å². The van der Waals surface area contributed by atoms with Crippen LogP contribution in [0.25, 0.3) is 0 Å². The van der Waals surface area contributed by atoms with Crippen molar-refractivity contribution in [2.75, 3.05) is 0 Å². The molecule has 0 radical (unpaired) electrons. The monoisotopic (exact) mass is 282 g/mol. The van der Waals surface area contributed by atoms with E-state index in [0.29, 0.717) is 9.75 Å². The smallest absolute Gasteiger partial charge is 0.266 e. The Hall–Kier alpha value is -1.53. The fourth-order valence-electron chi connectivity index (χ4n) is 1.30. The minimum Gasteiger partial charge on any atom is -0.266 e. The van der Waals surface area contributed by atoms with Crippen LogP contribution in [0.4, 0.5) is 4.39 Å². The molecule has 0 fully saturated rings. The number of halogens is 1. The number of carbonyl (C=O) groups excluding carboxylic acids is 1. The fourth-order valence-corrected chi connectivity index (χ4v) is 2.74. The Bertz CT molecular complexity index is 574. The molecule has 2 rings (SSSR count). The molecule has 0 saturated heterocycles. The van der Waals surface area contributed by atoms with Crippen molar-refractivity contribution in [3.63, 3.8) is 0 Å². The Balaban J connectivity index is 1.93. The normalized spacial score (nSPS) is 11.0. The van der Waals surface area contributed by atoms with Crippen molar-refractivity contribution < 1.29 is 9.18 Å². The van der Waals surface area contributed by atoms with Crippen molar-refractivity contribution in [2.24, 2.45) is 5.10 Å². The Labute approximate surface area is 112 Å². The quantitative estimate of drug-likeness (QED) is 0.678. The van der Waals surface area contributed by atoms with Crippen molar-refractivity contribution >= 4 is 34.8 Å². The summed E-state index contributed by atoms with van der Waals surface area (Å²) >= 11 is 2.43. The molecule has 2 heterocycles. The van der Waals surface area contributed by atoms with E-state index in [0.717, 1.165) is 22.6 Å². The SMILES string of the molecule is CCc1ccc(C(=O)NN=Cc2ccc(F)s2)s1. The third-order valence-corrected chi connectivity index (χ3v) is 4.22. The molecular weight excluding hydrogens is 271 g/mol. The van der Waals surface area contributed by atoms with Crippen LogP contribution >= 0.6 is 22.7 Å². The third-order valence-electron chi connectivity index (χ3n) is 2.19. The van der Waals surface area contributed by atoms with Crippen LogP contribution in [0, 0.1) is 5.13 Å². The molecular formula is C12H11FN2OS2. The molecule has 0 aliphatic carbocycles. The van der Waals surface area contributed by atoms with Gasteiger partial charge in [0.15, 0.2) is 5.13 Å². The predicted octanol–water partition coefficient (Wildman–Crippen LogP) is 3.28. The fraction of sp³-hybridized carbons (Fsp3) is 0.167. The molecule has 0 atom stereocenters. The van der Waals surface area contributed by atoms with Crippen LogP contribution < -0.4 is 5.43 Å². The van der Waals surface area contributed by atoms with Crippen LogP contribution in [0.15, 0.2) is 29.4 Å². The average molecular weight is 282 g/mol. The highest BCUT2D eigenvalue weighted by atomic mass is 32.1. The van der Waals surface area contributed by atoms with Crippen LogP contribution in [0.3, 0.4) is 0 Å². The van der Waals surface area contributed by atoms with Gasteiger partial charge in [-0.3, -0.25) is 4.79 Å². The van der Waals surface area contributed by atoms with E-state index in [4.69, 9.17) is 0 Å². The molecule has 0 bridgehead atoms. The van der Waals surface area contributed by atoms with Crippen molar-refractivity contribution in [2.45, 2.75) is 13.3 Å². The van der Waals surface area contributed by atoms with E-state index in [-0.39, 0.29) is 11.0 Å². The molecule has 3 nitrogen and oxygen atoms in total. The standard InChI is InChI=1S/C12H11FN2OS2/c1-2-8-3-5-10(17-8)12(16)15-14-7-9-4-6-11(13)18-9/h3-7H,2H2,1H3,(H,15,16). The molecule has 6 heteroatoms. The maximum absolute atomic E-state index is 12.7. The average Bonchev–Trinajstić information content (AvgIpc) is 2.98. The first-order valence-corrected chi connectivity index (χ1v) is 7.00. The van der Waals surface area contributed by atoms with Gasteiger partial charge in [0, 0.05) is 4.88 Å². The molecule has 18 heavy (non-hydrogen) atoms. The lowest BCUT2D eigenvalue weighted by atomic mass is 10.3. The van der Waals surface area contributed by atoms with Gasteiger partial charge in [-0.1, -0.05) is 6.92 Å². The summed E-state index contributed by atoms with van der Waals surface area (Å²) in [7, 11) is 0. The zero-order valence-electron chi connectivity index (χ0n) is 9.64. The van der Waals surface area contributed by atoms with Crippen LogP contribution in [0.2, 0.25) is 0 Å². The van der Waals surface area contributed by atoms with Gasteiger partial charge in [0.25, 0.3) is 5.91 Å². The van der Waals surface area contributed by atoms with Crippen molar-refractivity contribution in [1.82, 2.24) is 5.43 Å². The molecule has 0 unspecified atom stereocenters. The van der Waals surface area contributed by atoms with Gasteiger partial charge in [-0.15, -0.1) is 22.7 Å². The zero-order chi connectivity index (χ0) is 13.0. The second kappa shape index (κ2) is 5.88. The second-order valence-electron chi connectivity index (χ2n) is 3.46. The van der Waals surface area contributed by atoms with E-state index < -0.39 is 0 Å². The van der Waals surface area contributed by atoms with Gasteiger partial charge in [-0.2, -0.15) is 9.49 Å². The second-order valence-corrected chi connectivity index (χ2v) is 5.69. The van der Waals surface area contributed by atoms with Crippen LogP contribution in [0.1, 0.15) is 26.3 Å². The molecule has 0 saturated carbocycles. The molecule has 0 aromatic carbocycles. The molecule has 94 valence electrons. The Morgan fingerprint density at radius 2 is 2.22 bits per heavy atom. The topological polar surface area (TPSA) is 41.5 Å². The van der Waals surface area contributed by atoms with Crippen molar-refractivity contribution in [3.05, 3.63) is 44.0 Å². The molecule has 1 amide bonds. The van der Waals surface area contributed by atoms with E-state index in [1.54, 1.807) is 12.1 Å². The van der Waals surface area contributed by atoms with E-state index >= 15 is 0 Å². The minimum atomic E-state index is -0.270. The maximum Gasteiger partial charge on any atom is 0.281 e. The molecule has 2 aromatic rings. The number of hydrogen-bond acceptors (Lipinski definition) is 4. The number of aryl methyl sites for hydroxylation is 1. The first kappa shape index (κ1) is 12.9. The lowest BCUT2D eigenvalue weighted by Crippen LogP contribution is -2.15. The lowest BCUT2D eigenvalue weighted by molar-refractivity contribution is 0.0959. The summed E-state index contributed by atoms with van der Waals surface area (Å²) in [6, 6.07) is 6.67. The Kier molecular flexibility index (Phi) is 4.22. The van der Waals surface area contributed by atoms with Gasteiger partial charge in [0.2, 0.25) is 0 Å². The van der Waals surface area contributed by atoms with Gasteiger partial charge in [-0.25, -0.2) is 5.43 Å². The first-order chi connectivity index (χ1) is 8.69. The number of rotatable bonds is 4. The van der Waals surface area contributed by atoms with E-state index in [2.05, 4.69) is 10.5 Å². The zero-order valence-corrected chi connectivity index (χ0v) is 11.3. The molecule has 0 aliphatic heterocycles. The highest BCUT2D eigenvalue weighted by Crippen LogP contribution is 2.16.